The highest BCUT2D eigenvalue weighted by Crippen LogP contribution is 2.15. The maximum atomic E-state index is 12.2. The van der Waals surface area contributed by atoms with E-state index < -0.39 is 0 Å². The minimum absolute atomic E-state index is 0.0804. The van der Waals surface area contributed by atoms with Gasteiger partial charge >= 0.3 is 0 Å². The lowest BCUT2D eigenvalue weighted by atomic mass is 10.1. The van der Waals surface area contributed by atoms with Crippen molar-refractivity contribution >= 4 is 10.9 Å². The van der Waals surface area contributed by atoms with Gasteiger partial charge in [0.15, 0.2) is 0 Å². The van der Waals surface area contributed by atoms with Crippen LogP contribution in [0.25, 0.3) is 10.9 Å². The molecule has 17 heavy (non-hydrogen) atoms. The van der Waals surface area contributed by atoms with Crippen LogP contribution in [0, 0.1) is 0 Å². The Hall–Kier alpha value is -1.55. The summed E-state index contributed by atoms with van der Waals surface area (Å²) >= 11 is 0. The lowest BCUT2D eigenvalue weighted by molar-refractivity contribution is 0.447. The van der Waals surface area contributed by atoms with E-state index in [0.29, 0.717) is 6.54 Å². The van der Waals surface area contributed by atoms with Gasteiger partial charge < -0.3 is 5.73 Å². The number of fused-ring (bicyclic) bond motifs is 1. The van der Waals surface area contributed by atoms with E-state index in [-0.39, 0.29) is 11.6 Å². The van der Waals surface area contributed by atoms with Crippen molar-refractivity contribution in [2.24, 2.45) is 12.8 Å². The predicted octanol–water partition coefficient (Wildman–Crippen LogP) is 1.42. The number of hydrogen-bond donors (Lipinski definition) is 1. The van der Waals surface area contributed by atoms with Crippen LogP contribution < -0.4 is 11.3 Å². The average molecular weight is 233 g/mol. The van der Waals surface area contributed by atoms with Gasteiger partial charge in [-0.2, -0.15) is 0 Å². The summed E-state index contributed by atoms with van der Waals surface area (Å²) in [5.74, 6) is 0. The van der Waals surface area contributed by atoms with Crippen molar-refractivity contribution in [3.8, 4) is 0 Å². The van der Waals surface area contributed by atoms with Crippen molar-refractivity contribution in [2.75, 3.05) is 6.54 Å². The van der Waals surface area contributed by atoms with Crippen molar-refractivity contribution < 1.29 is 0 Å². The molecule has 0 aliphatic heterocycles. The first kappa shape index (κ1) is 11.9. The molecule has 1 aromatic heterocycles. The fraction of sp³-hybridized carbons (Fsp3) is 0.462. The van der Waals surface area contributed by atoms with E-state index in [1.165, 1.54) is 5.56 Å². The van der Waals surface area contributed by atoms with Gasteiger partial charge in [-0.3, -0.25) is 9.48 Å². The van der Waals surface area contributed by atoms with Crippen molar-refractivity contribution in [2.45, 2.75) is 26.3 Å². The van der Waals surface area contributed by atoms with E-state index in [1.807, 2.05) is 37.7 Å². The molecule has 0 radical (unpaired) electrons. The Labute approximate surface area is 101 Å². The summed E-state index contributed by atoms with van der Waals surface area (Å²) < 4.78 is 3.71. The van der Waals surface area contributed by atoms with Crippen LogP contribution in [0.1, 0.15) is 25.5 Å². The first-order valence-corrected chi connectivity index (χ1v) is 5.96. The Morgan fingerprint density at radius 1 is 1.35 bits per heavy atom. The number of rotatable bonds is 3. The number of benzene rings is 1. The Balaban J connectivity index is 2.71. The van der Waals surface area contributed by atoms with Gasteiger partial charge in [0.25, 0.3) is 5.56 Å². The first-order chi connectivity index (χ1) is 8.06. The Kier molecular flexibility index (Phi) is 3.07. The van der Waals surface area contributed by atoms with E-state index in [0.717, 1.165) is 17.3 Å². The maximum Gasteiger partial charge on any atom is 0.274 e. The molecule has 0 bridgehead atoms. The Morgan fingerprint density at radius 2 is 2.06 bits per heavy atom. The third kappa shape index (κ3) is 1.89. The van der Waals surface area contributed by atoms with Gasteiger partial charge in [-0.25, -0.2) is 4.68 Å². The summed E-state index contributed by atoms with van der Waals surface area (Å²) in [7, 11) is 1.93. The molecule has 1 aromatic carbocycles. The molecule has 92 valence electrons. The molecule has 4 nitrogen and oxygen atoms in total. The van der Waals surface area contributed by atoms with Crippen molar-refractivity contribution in [3.05, 3.63) is 34.1 Å². The van der Waals surface area contributed by atoms with Gasteiger partial charge in [0.1, 0.15) is 0 Å². The van der Waals surface area contributed by atoms with Crippen molar-refractivity contribution in [1.82, 2.24) is 9.36 Å². The second-order valence-corrected chi connectivity index (χ2v) is 4.66. The molecule has 0 saturated heterocycles. The molecule has 4 heteroatoms. The van der Waals surface area contributed by atoms with Crippen LogP contribution in [-0.2, 0) is 13.5 Å². The quantitative estimate of drug-likeness (QED) is 0.871. The summed E-state index contributed by atoms with van der Waals surface area (Å²) in [5.41, 5.74) is 7.79. The van der Waals surface area contributed by atoms with Crippen LogP contribution in [-0.4, -0.2) is 15.9 Å². The van der Waals surface area contributed by atoms with Crippen LogP contribution in [0.3, 0.4) is 0 Å². The van der Waals surface area contributed by atoms with Gasteiger partial charge in [0.2, 0.25) is 0 Å². The van der Waals surface area contributed by atoms with Crippen LogP contribution in [0.5, 0.6) is 0 Å². The number of nitrogens with two attached hydrogens (primary N) is 1. The molecular formula is C13H19N3O. The molecule has 0 aliphatic carbocycles. The predicted molar refractivity (Wildman–Crippen MR) is 70.3 cm³/mol. The number of aryl methyl sites for hydroxylation is 1. The molecule has 0 fully saturated rings. The second-order valence-electron chi connectivity index (χ2n) is 4.66. The minimum atomic E-state index is 0.0804. The zero-order valence-corrected chi connectivity index (χ0v) is 10.6. The molecule has 1 heterocycles. The largest absolute Gasteiger partial charge is 0.330 e. The second kappa shape index (κ2) is 4.37. The summed E-state index contributed by atoms with van der Waals surface area (Å²) in [5, 5.41) is 0.780. The van der Waals surface area contributed by atoms with Gasteiger partial charge in [0.05, 0.1) is 10.9 Å². The van der Waals surface area contributed by atoms with Gasteiger partial charge in [0, 0.05) is 13.1 Å². The number of hydrogen-bond acceptors (Lipinski definition) is 2. The van der Waals surface area contributed by atoms with Gasteiger partial charge in [-0.15, -0.1) is 0 Å². The van der Waals surface area contributed by atoms with Gasteiger partial charge in [-0.1, -0.05) is 6.07 Å². The van der Waals surface area contributed by atoms with E-state index >= 15 is 0 Å². The van der Waals surface area contributed by atoms with Crippen molar-refractivity contribution in [1.29, 1.82) is 0 Å². The summed E-state index contributed by atoms with van der Waals surface area (Å²) in [4.78, 5) is 12.2. The van der Waals surface area contributed by atoms with Crippen LogP contribution in [0.2, 0.25) is 0 Å². The molecule has 2 N–H and O–H groups in total. The SMILES string of the molecule is CC(C)n1c(=O)c2ccc(CCN)cc2n1C. The normalized spacial score (nSPS) is 11.6. The molecule has 0 saturated carbocycles. The molecule has 0 unspecified atom stereocenters. The monoisotopic (exact) mass is 233 g/mol. The summed E-state index contributed by atoms with van der Waals surface area (Å²) in [6.07, 6.45) is 0.844. The molecule has 2 aromatic rings. The summed E-state index contributed by atoms with van der Waals surface area (Å²) in [6.45, 7) is 4.66. The molecular weight excluding hydrogens is 214 g/mol. The van der Waals surface area contributed by atoms with Crippen LogP contribution in [0.4, 0.5) is 0 Å². The number of aromatic nitrogens is 2. The standard InChI is InChI=1S/C13H19N3O/c1-9(2)16-13(17)11-5-4-10(6-7-14)8-12(11)15(16)3/h4-5,8-9H,6-7,14H2,1-3H3. The fourth-order valence-corrected chi connectivity index (χ4v) is 2.30. The first-order valence-electron chi connectivity index (χ1n) is 5.96. The third-order valence-electron chi connectivity index (χ3n) is 3.09. The highest BCUT2D eigenvalue weighted by atomic mass is 16.1. The molecule has 0 amide bonds. The topological polar surface area (TPSA) is 52.9 Å². The van der Waals surface area contributed by atoms with E-state index in [9.17, 15) is 4.79 Å². The molecule has 0 spiro atoms. The molecule has 0 atom stereocenters. The smallest absolute Gasteiger partial charge is 0.274 e. The highest BCUT2D eigenvalue weighted by molar-refractivity contribution is 5.79. The lowest BCUT2D eigenvalue weighted by Gasteiger charge is -2.10. The lowest BCUT2D eigenvalue weighted by Crippen LogP contribution is -2.23. The van der Waals surface area contributed by atoms with Crippen molar-refractivity contribution in [3.63, 3.8) is 0 Å². The van der Waals surface area contributed by atoms with Crippen LogP contribution >= 0.6 is 0 Å². The third-order valence-corrected chi connectivity index (χ3v) is 3.09. The summed E-state index contributed by atoms with van der Waals surface area (Å²) in [6, 6.07) is 6.11. The van der Waals surface area contributed by atoms with E-state index in [1.54, 1.807) is 4.68 Å². The fourth-order valence-electron chi connectivity index (χ4n) is 2.30. The molecule has 0 aliphatic rings. The average Bonchev–Trinajstić information content (AvgIpc) is 2.52. The zero-order valence-electron chi connectivity index (χ0n) is 10.6. The zero-order chi connectivity index (χ0) is 12.6. The Bertz CT molecular complexity index is 592. The highest BCUT2D eigenvalue weighted by Gasteiger charge is 2.12. The molecule has 2 rings (SSSR count). The van der Waals surface area contributed by atoms with E-state index in [2.05, 4.69) is 6.07 Å². The van der Waals surface area contributed by atoms with E-state index in [4.69, 9.17) is 5.73 Å². The van der Waals surface area contributed by atoms with Crippen LogP contribution in [0.15, 0.2) is 23.0 Å². The minimum Gasteiger partial charge on any atom is -0.330 e. The Morgan fingerprint density at radius 3 is 2.65 bits per heavy atom. The number of nitrogens with zero attached hydrogens (tertiary/aromatic N) is 2. The maximum absolute atomic E-state index is 12.2. The van der Waals surface area contributed by atoms with Gasteiger partial charge in [-0.05, 0) is 44.5 Å².